The van der Waals surface area contributed by atoms with Crippen molar-refractivity contribution in [2.75, 3.05) is 25.9 Å². The minimum atomic E-state index is -0.293. The van der Waals surface area contributed by atoms with E-state index in [0.717, 1.165) is 25.9 Å². The molecule has 0 spiro atoms. The number of rotatable bonds is 3. The Morgan fingerprint density at radius 3 is 2.57 bits per heavy atom. The molecule has 0 aromatic rings. The summed E-state index contributed by atoms with van der Waals surface area (Å²) >= 11 is 1.61. The molecule has 1 fully saturated rings. The summed E-state index contributed by atoms with van der Waals surface area (Å²) in [6.45, 7) is 1.89. The first-order valence-corrected chi connectivity index (χ1v) is 5.81. The van der Waals surface area contributed by atoms with Crippen molar-refractivity contribution < 1.29 is 4.79 Å². The number of nitrogens with two attached hydrogens (primary N) is 1. The van der Waals surface area contributed by atoms with Gasteiger partial charge in [-0.2, -0.15) is 5.26 Å². The monoisotopic (exact) mass is 213 g/mol. The summed E-state index contributed by atoms with van der Waals surface area (Å²) in [5.41, 5.74) is 5.11. The van der Waals surface area contributed by atoms with E-state index in [1.165, 1.54) is 0 Å². The Labute approximate surface area is 88.4 Å². The maximum absolute atomic E-state index is 10.7. The molecule has 1 rings (SSSR count). The van der Waals surface area contributed by atoms with Crippen LogP contribution in [0.2, 0.25) is 0 Å². The van der Waals surface area contributed by atoms with Gasteiger partial charge >= 0.3 is 0 Å². The van der Waals surface area contributed by atoms with Crippen LogP contribution in [0, 0.1) is 11.3 Å². The van der Waals surface area contributed by atoms with Crippen molar-refractivity contribution in [1.29, 1.82) is 5.26 Å². The van der Waals surface area contributed by atoms with Gasteiger partial charge in [0.2, 0.25) is 5.91 Å². The third-order valence-electron chi connectivity index (χ3n) is 2.64. The number of hydrogen-bond acceptors (Lipinski definition) is 4. The Hall–Kier alpha value is -0.730. The molecule has 14 heavy (non-hydrogen) atoms. The van der Waals surface area contributed by atoms with Crippen LogP contribution in [0.1, 0.15) is 12.8 Å². The molecule has 1 amide bonds. The molecule has 0 radical (unpaired) electrons. The second kappa shape index (κ2) is 4.67. The van der Waals surface area contributed by atoms with Gasteiger partial charge in [0.15, 0.2) is 0 Å². The van der Waals surface area contributed by atoms with Crippen LogP contribution >= 0.6 is 11.8 Å². The highest BCUT2D eigenvalue weighted by molar-refractivity contribution is 8.00. The number of nitrogens with zero attached hydrogens (tertiary/aromatic N) is 2. The Morgan fingerprint density at radius 1 is 1.64 bits per heavy atom. The highest BCUT2D eigenvalue weighted by Crippen LogP contribution is 2.33. The zero-order valence-corrected chi connectivity index (χ0v) is 9.14. The highest BCUT2D eigenvalue weighted by atomic mass is 32.2. The summed E-state index contributed by atoms with van der Waals surface area (Å²) in [7, 11) is 0. The van der Waals surface area contributed by atoms with Crippen LogP contribution < -0.4 is 5.73 Å². The number of hydrogen-bond donors (Lipinski definition) is 1. The Balaban J connectivity index is 2.45. The molecule has 1 saturated heterocycles. The van der Waals surface area contributed by atoms with Crippen LogP contribution in [0.3, 0.4) is 0 Å². The summed E-state index contributed by atoms with van der Waals surface area (Å²) in [6.07, 6.45) is 3.60. The van der Waals surface area contributed by atoms with E-state index in [0.29, 0.717) is 6.54 Å². The Morgan fingerprint density at radius 2 is 2.21 bits per heavy atom. The lowest BCUT2D eigenvalue weighted by Gasteiger charge is -2.35. The molecule has 1 aliphatic rings. The minimum absolute atomic E-state index is 0.242. The smallest absolute Gasteiger partial charge is 0.231 e. The number of amides is 1. The maximum Gasteiger partial charge on any atom is 0.231 e. The van der Waals surface area contributed by atoms with Crippen LogP contribution in [0.25, 0.3) is 0 Å². The van der Waals surface area contributed by atoms with Gasteiger partial charge in [-0.05, 0) is 19.1 Å². The van der Waals surface area contributed by atoms with E-state index >= 15 is 0 Å². The first-order valence-electron chi connectivity index (χ1n) is 4.59. The summed E-state index contributed by atoms with van der Waals surface area (Å²) < 4.78 is -0.242. The van der Waals surface area contributed by atoms with Gasteiger partial charge in [0, 0.05) is 13.1 Å². The lowest BCUT2D eigenvalue weighted by molar-refractivity contribution is -0.119. The topological polar surface area (TPSA) is 70.1 Å². The van der Waals surface area contributed by atoms with Crippen LogP contribution in [0.5, 0.6) is 0 Å². The standard InChI is InChI=1S/C9H15N3OS/c1-14-9(7-10)2-4-12(5-3-9)6-8(11)13/h2-6H2,1H3,(H2,11,13). The molecule has 0 bridgehead atoms. The largest absolute Gasteiger partial charge is 0.369 e. The molecule has 1 heterocycles. The number of carbonyl (C=O) groups is 1. The molecular weight excluding hydrogens is 198 g/mol. The number of thioether (sulfide) groups is 1. The maximum atomic E-state index is 10.7. The van der Waals surface area contributed by atoms with E-state index in [2.05, 4.69) is 6.07 Å². The fraction of sp³-hybridized carbons (Fsp3) is 0.778. The number of carbonyl (C=O) groups excluding carboxylic acids is 1. The fourth-order valence-corrected chi connectivity index (χ4v) is 2.34. The lowest BCUT2D eigenvalue weighted by Crippen LogP contribution is -2.44. The van der Waals surface area contributed by atoms with Crippen LogP contribution in [0.4, 0.5) is 0 Å². The molecule has 2 N–H and O–H groups in total. The SMILES string of the molecule is CSC1(C#N)CCN(CC(N)=O)CC1. The zero-order chi connectivity index (χ0) is 10.6. The first-order chi connectivity index (χ1) is 6.62. The quantitative estimate of drug-likeness (QED) is 0.726. The van der Waals surface area contributed by atoms with Gasteiger partial charge in [0.05, 0.1) is 12.6 Å². The zero-order valence-electron chi connectivity index (χ0n) is 8.32. The van der Waals surface area contributed by atoms with Gasteiger partial charge in [0.1, 0.15) is 4.75 Å². The number of primary amides is 1. The molecule has 0 aliphatic carbocycles. The second-order valence-corrected chi connectivity index (χ2v) is 4.74. The lowest BCUT2D eigenvalue weighted by atomic mass is 9.97. The molecule has 0 saturated carbocycles. The third-order valence-corrected chi connectivity index (χ3v) is 3.92. The molecule has 0 aromatic carbocycles. The molecule has 1 aliphatic heterocycles. The average molecular weight is 213 g/mol. The Bertz CT molecular complexity index is 253. The van der Waals surface area contributed by atoms with Gasteiger partial charge in [-0.3, -0.25) is 9.69 Å². The van der Waals surface area contributed by atoms with Crippen LogP contribution in [-0.4, -0.2) is 41.4 Å². The van der Waals surface area contributed by atoms with Gasteiger partial charge in [0.25, 0.3) is 0 Å². The van der Waals surface area contributed by atoms with Crippen LogP contribution in [0.15, 0.2) is 0 Å². The van der Waals surface area contributed by atoms with E-state index in [-0.39, 0.29) is 10.7 Å². The molecule has 78 valence electrons. The van der Waals surface area contributed by atoms with Gasteiger partial charge in [-0.1, -0.05) is 0 Å². The predicted octanol–water partition coefficient (Wildman–Crippen LogP) is 0.193. The van der Waals surface area contributed by atoms with Crippen molar-refractivity contribution in [1.82, 2.24) is 4.90 Å². The first kappa shape index (κ1) is 11.3. The van der Waals surface area contributed by atoms with Crippen LogP contribution in [-0.2, 0) is 4.79 Å². The van der Waals surface area contributed by atoms with Crippen molar-refractivity contribution in [2.24, 2.45) is 5.73 Å². The van der Waals surface area contributed by atoms with Crippen molar-refractivity contribution in [2.45, 2.75) is 17.6 Å². The number of likely N-dealkylation sites (tertiary alicyclic amines) is 1. The molecule has 0 aromatic heterocycles. The summed E-state index contributed by atoms with van der Waals surface area (Å²) in [5.74, 6) is -0.293. The van der Waals surface area contributed by atoms with Crippen molar-refractivity contribution >= 4 is 17.7 Å². The number of piperidine rings is 1. The van der Waals surface area contributed by atoms with Gasteiger partial charge in [-0.15, -0.1) is 11.8 Å². The second-order valence-electron chi connectivity index (χ2n) is 3.55. The van der Waals surface area contributed by atoms with Crippen molar-refractivity contribution in [3.63, 3.8) is 0 Å². The molecule has 4 nitrogen and oxygen atoms in total. The van der Waals surface area contributed by atoms with Crippen molar-refractivity contribution in [3.8, 4) is 6.07 Å². The summed E-state index contributed by atoms with van der Waals surface area (Å²) in [5, 5.41) is 9.03. The Kier molecular flexibility index (Phi) is 3.78. The van der Waals surface area contributed by atoms with Gasteiger partial charge < -0.3 is 5.73 Å². The molecular formula is C9H15N3OS. The third kappa shape index (κ3) is 2.63. The van der Waals surface area contributed by atoms with E-state index in [4.69, 9.17) is 11.0 Å². The van der Waals surface area contributed by atoms with E-state index in [9.17, 15) is 4.79 Å². The summed E-state index contributed by atoms with van der Waals surface area (Å²) in [6, 6.07) is 2.36. The molecule has 0 atom stereocenters. The van der Waals surface area contributed by atoms with Gasteiger partial charge in [-0.25, -0.2) is 0 Å². The molecule has 5 heteroatoms. The highest BCUT2D eigenvalue weighted by Gasteiger charge is 2.33. The van der Waals surface area contributed by atoms with Crippen molar-refractivity contribution in [3.05, 3.63) is 0 Å². The normalized spacial score (nSPS) is 21.4. The summed E-state index contributed by atoms with van der Waals surface area (Å²) in [4.78, 5) is 12.7. The average Bonchev–Trinajstić information content (AvgIpc) is 2.19. The molecule has 0 unspecified atom stereocenters. The van der Waals surface area contributed by atoms with E-state index in [1.54, 1.807) is 11.8 Å². The predicted molar refractivity (Wildman–Crippen MR) is 56.7 cm³/mol. The fourth-order valence-electron chi connectivity index (χ4n) is 1.65. The van der Waals surface area contributed by atoms with E-state index < -0.39 is 0 Å². The number of nitriles is 1. The minimum Gasteiger partial charge on any atom is -0.369 e. The van der Waals surface area contributed by atoms with E-state index in [1.807, 2.05) is 11.2 Å².